The molecule has 1 amide bonds. The Morgan fingerprint density at radius 1 is 1.18 bits per heavy atom. The van der Waals surface area contributed by atoms with Crippen LogP contribution in [0.1, 0.15) is 22.3 Å². The summed E-state index contributed by atoms with van der Waals surface area (Å²) >= 11 is 0. The average Bonchev–Trinajstić information content (AvgIpc) is 2.66. The van der Waals surface area contributed by atoms with Gasteiger partial charge in [0.1, 0.15) is 11.3 Å². The summed E-state index contributed by atoms with van der Waals surface area (Å²) in [7, 11) is 1.56. The molecule has 2 aromatic carbocycles. The molecule has 2 N–H and O–H groups in total. The molecule has 3 aromatic rings. The fourth-order valence-electron chi connectivity index (χ4n) is 3.25. The van der Waals surface area contributed by atoms with E-state index in [0.717, 1.165) is 11.1 Å². The van der Waals surface area contributed by atoms with Crippen LogP contribution < -0.4 is 15.7 Å². The standard InChI is InChI=1S/C22H23NO5/c1-13-10-18(27-3)21-14(2)17(22(26)28-19(21)11-13)12-20(25)23-16-6-4-15(5-7-16)8-9-24/h4-7,10-11,24H,8-9,12H2,1-3H3,(H,23,25). The number of carbonyl (C=O) groups excluding carboxylic acids is 1. The zero-order valence-electron chi connectivity index (χ0n) is 16.2. The van der Waals surface area contributed by atoms with E-state index < -0.39 is 5.63 Å². The first-order chi connectivity index (χ1) is 13.4. The number of methoxy groups -OCH3 is 1. The second kappa shape index (κ2) is 8.27. The number of ether oxygens (including phenoxy) is 1. The van der Waals surface area contributed by atoms with Gasteiger partial charge in [-0.2, -0.15) is 0 Å². The topological polar surface area (TPSA) is 88.8 Å². The molecule has 0 saturated heterocycles. The van der Waals surface area contributed by atoms with Crippen LogP contribution in [0.5, 0.6) is 5.75 Å². The van der Waals surface area contributed by atoms with Crippen LogP contribution >= 0.6 is 0 Å². The van der Waals surface area contributed by atoms with Crippen molar-refractivity contribution in [1.82, 2.24) is 0 Å². The maximum atomic E-state index is 12.5. The third-order valence-corrected chi connectivity index (χ3v) is 4.68. The molecule has 0 atom stereocenters. The molecule has 28 heavy (non-hydrogen) atoms. The summed E-state index contributed by atoms with van der Waals surface area (Å²) in [5.41, 5.74) is 3.44. The lowest BCUT2D eigenvalue weighted by Gasteiger charge is -2.12. The number of amides is 1. The number of hydrogen-bond donors (Lipinski definition) is 2. The third kappa shape index (κ3) is 4.07. The van der Waals surface area contributed by atoms with Crippen molar-refractivity contribution in [1.29, 1.82) is 0 Å². The Hall–Kier alpha value is -3.12. The predicted molar refractivity (Wildman–Crippen MR) is 108 cm³/mol. The molecule has 0 unspecified atom stereocenters. The summed E-state index contributed by atoms with van der Waals surface area (Å²) < 4.78 is 10.9. The average molecular weight is 381 g/mol. The lowest BCUT2D eigenvalue weighted by Crippen LogP contribution is -2.20. The summed E-state index contributed by atoms with van der Waals surface area (Å²) in [6.07, 6.45) is 0.465. The van der Waals surface area contributed by atoms with E-state index in [9.17, 15) is 9.59 Å². The Kier molecular flexibility index (Phi) is 5.80. The van der Waals surface area contributed by atoms with Crippen LogP contribution in [0.2, 0.25) is 0 Å². The molecular formula is C22H23NO5. The molecule has 0 spiro atoms. The van der Waals surface area contributed by atoms with E-state index in [1.54, 1.807) is 32.2 Å². The maximum absolute atomic E-state index is 12.5. The van der Waals surface area contributed by atoms with Crippen molar-refractivity contribution in [2.45, 2.75) is 26.7 Å². The molecule has 0 saturated carbocycles. The van der Waals surface area contributed by atoms with E-state index >= 15 is 0 Å². The molecule has 0 fully saturated rings. The first-order valence-corrected chi connectivity index (χ1v) is 9.03. The summed E-state index contributed by atoms with van der Waals surface area (Å²) in [4.78, 5) is 24.9. The molecule has 3 rings (SSSR count). The maximum Gasteiger partial charge on any atom is 0.340 e. The third-order valence-electron chi connectivity index (χ3n) is 4.68. The quantitative estimate of drug-likeness (QED) is 0.641. The summed E-state index contributed by atoms with van der Waals surface area (Å²) in [5, 5.41) is 12.4. The highest BCUT2D eigenvalue weighted by Crippen LogP contribution is 2.30. The summed E-state index contributed by atoms with van der Waals surface area (Å²) in [5.74, 6) is 0.299. The van der Waals surface area contributed by atoms with Crippen LogP contribution in [-0.4, -0.2) is 24.7 Å². The number of nitrogens with one attached hydrogen (secondary N) is 1. The van der Waals surface area contributed by atoms with Gasteiger partial charge in [-0.1, -0.05) is 12.1 Å². The van der Waals surface area contributed by atoms with Crippen LogP contribution in [-0.2, 0) is 17.6 Å². The SMILES string of the molecule is COc1cc(C)cc2oc(=O)c(CC(=O)Nc3ccc(CCO)cc3)c(C)c12. The van der Waals surface area contributed by atoms with Crippen molar-refractivity contribution in [2.24, 2.45) is 0 Å². The Balaban J connectivity index is 1.88. The van der Waals surface area contributed by atoms with Gasteiger partial charge in [0.05, 0.1) is 24.5 Å². The number of hydrogen-bond acceptors (Lipinski definition) is 5. The second-order valence-electron chi connectivity index (χ2n) is 6.73. The molecule has 0 aliphatic rings. The zero-order chi connectivity index (χ0) is 20.3. The molecule has 0 radical (unpaired) electrons. The van der Waals surface area contributed by atoms with Crippen molar-refractivity contribution in [3.8, 4) is 5.75 Å². The van der Waals surface area contributed by atoms with Gasteiger partial charge < -0.3 is 19.6 Å². The monoisotopic (exact) mass is 381 g/mol. The Morgan fingerprint density at radius 2 is 1.89 bits per heavy atom. The van der Waals surface area contributed by atoms with Gasteiger partial charge in [-0.15, -0.1) is 0 Å². The first kappa shape index (κ1) is 19.6. The predicted octanol–water partition coefficient (Wildman–Crippen LogP) is 3.13. The lowest BCUT2D eigenvalue weighted by atomic mass is 10.0. The van der Waals surface area contributed by atoms with Crippen molar-refractivity contribution >= 4 is 22.6 Å². The van der Waals surface area contributed by atoms with Crippen LogP contribution in [0.4, 0.5) is 5.69 Å². The minimum Gasteiger partial charge on any atom is -0.496 e. The van der Waals surface area contributed by atoms with Crippen LogP contribution in [0.3, 0.4) is 0 Å². The molecule has 0 bridgehead atoms. The normalized spacial score (nSPS) is 10.9. The fourth-order valence-corrected chi connectivity index (χ4v) is 3.25. The van der Waals surface area contributed by atoms with Crippen LogP contribution in [0.25, 0.3) is 11.0 Å². The number of rotatable bonds is 6. The minimum absolute atomic E-state index is 0.0751. The van der Waals surface area contributed by atoms with Gasteiger partial charge in [0, 0.05) is 12.3 Å². The van der Waals surface area contributed by atoms with Gasteiger partial charge in [-0.25, -0.2) is 4.79 Å². The molecule has 0 aliphatic carbocycles. The number of benzene rings is 2. The fraction of sp³-hybridized carbons (Fsp3) is 0.273. The van der Waals surface area contributed by atoms with Gasteiger partial charge >= 0.3 is 5.63 Å². The van der Waals surface area contributed by atoms with Crippen molar-refractivity contribution < 1.29 is 19.1 Å². The largest absolute Gasteiger partial charge is 0.496 e. The van der Waals surface area contributed by atoms with Crippen molar-refractivity contribution in [3.05, 3.63) is 69.1 Å². The molecule has 0 aliphatic heterocycles. The molecule has 1 aromatic heterocycles. The molecule has 146 valence electrons. The van der Waals surface area contributed by atoms with Crippen LogP contribution in [0, 0.1) is 13.8 Å². The number of carbonyl (C=O) groups is 1. The van der Waals surface area contributed by atoms with Gasteiger partial charge in [-0.3, -0.25) is 4.79 Å². The molecule has 6 heteroatoms. The molecule has 1 heterocycles. The van der Waals surface area contributed by atoms with E-state index in [2.05, 4.69) is 5.32 Å². The highest BCUT2D eigenvalue weighted by molar-refractivity contribution is 5.94. The lowest BCUT2D eigenvalue weighted by molar-refractivity contribution is -0.115. The van der Waals surface area contributed by atoms with Gasteiger partial charge in [0.15, 0.2) is 0 Å². The van der Waals surface area contributed by atoms with Gasteiger partial charge in [0.25, 0.3) is 0 Å². The summed E-state index contributed by atoms with van der Waals surface area (Å²) in [6.45, 7) is 3.76. The van der Waals surface area contributed by atoms with Crippen molar-refractivity contribution in [2.75, 3.05) is 19.0 Å². The highest BCUT2D eigenvalue weighted by Gasteiger charge is 2.18. The smallest absolute Gasteiger partial charge is 0.340 e. The number of aliphatic hydroxyl groups is 1. The Labute approximate surface area is 162 Å². The van der Waals surface area contributed by atoms with E-state index in [4.69, 9.17) is 14.3 Å². The van der Waals surface area contributed by atoms with Gasteiger partial charge in [-0.05, 0) is 61.2 Å². The second-order valence-corrected chi connectivity index (χ2v) is 6.73. The van der Waals surface area contributed by atoms with Gasteiger partial charge in [0.2, 0.25) is 5.91 Å². The number of fused-ring (bicyclic) bond motifs is 1. The van der Waals surface area contributed by atoms with E-state index in [1.807, 2.05) is 25.1 Å². The number of anilines is 1. The molecular weight excluding hydrogens is 358 g/mol. The zero-order valence-corrected chi connectivity index (χ0v) is 16.2. The highest BCUT2D eigenvalue weighted by atomic mass is 16.5. The number of aliphatic hydroxyl groups excluding tert-OH is 1. The Bertz CT molecular complexity index is 1070. The molecule has 6 nitrogen and oxygen atoms in total. The van der Waals surface area contributed by atoms with E-state index in [0.29, 0.717) is 40.0 Å². The number of aryl methyl sites for hydroxylation is 2. The van der Waals surface area contributed by atoms with Crippen LogP contribution in [0.15, 0.2) is 45.6 Å². The van der Waals surface area contributed by atoms with E-state index in [-0.39, 0.29) is 18.9 Å². The van der Waals surface area contributed by atoms with Crippen molar-refractivity contribution in [3.63, 3.8) is 0 Å². The minimum atomic E-state index is -0.522. The first-order valence-electron chi connectivity index (χ1n) is 9.03. The van der Waals surface area contributed by atoms with E-state index in [1.165, 1.54) is 0 Å². The summed E-state index contributed by atoms with van der Waals surface area (Å²) in [6, 6.07) is 10.9. The Morgan fingerprint density at radius 3 is 2.54 bits per heavy atom.